The summed E-state index contributed by atoms with van der Waals surface area (Å²) in [6.07, 6.45) is 1.58. The first-order chi connectivity index (χ1) is 14.7. The van der Waals surface area contributed by atoms with Crippen LogP contribution in [0.15, 0.2) is 48.8 Å². The van der Waals surface area contributed by atoms with Crippen molar-refractivity contribution < 1.29 is 9.53 Å². The van der Waals surface area contributed by atoms with Gasteiger partial charge in [0.15, 0.2) is 0 Å². The predicted molar refractivity (Wildman–Crippen MR) is 118 cm³/mol. The van der Waals surface area contributed by atoms with Crippen molar-refractivity contribution in [2.75, 3.05) is 51.8 Å². The molecule has 1 aromatic heterocycles. The average Bonchev–Trinajstić information content (AvgIpc) is 3.22. The Morgan fingerprint density at radius 2 is 1.93 bits per heavy atom. The third-order valence-corrected chi connectivity index (χ3v) is 5.28. The van der Waals surface area contributed by atoms with Gasteiger partial charge in [0.1, 0.15) is 17.6 Å². The van der Waals surface area contributed by atoms with Gasteiger partial charge in [0.2, 0.25) is 0 Å². The van der Waals surface area contributed by atoms with Gasteiger partial charge < -0.3 is 19.9 Å². The number of ether oxygens (including phenoxy) is 1. The van der Waals surface area contributed by atoms with Crippen molar-refractivity contribution in [3.63, 3.8) is 0 Å². The SMILES string of the molecule is COc1ccccc1C#CCNC(=O)n1cnc2c(N3CCN(C)CC3)cccc21. The Balaban J connectivity index is 1.47. The predicted octanol–water partition coefficient (Wildman–Crippen LogP) is 2.41. The molecule has 4 rings (SSSR count). The second-order valence-corrected chi connectivity index (χ2v) is 7.21. The molecule has 3 aromatic rings. The van der Waals surface area contributed by atoms with Gasteiger partial charge in [-0.05, 0) is 31.3 Å². The summed E-state index contributed by atoms with van der Waals surface area (Å²) < 4.78 is 6.83. The minimum atomic E-state index is -0.248. The van der Waals surface area contributed by atoms with Crippen LogP contribution < -0.4 is 15.0 Å². The third-order valence-electron chi connectivity index (χ3n) is 5.28. The van der Waals surface area contributed by atoms with Crippen molar-refractivity contribution in [1.82, 2.24) is 19.8 Å². The van der Waals surface area contributed by atoms with E-state index in [0.717, 1.165) is 48.5 Å². The molecule has 7 nitrogen and oxygen atoms in total. The number of hydrogen-bond donors (Lipinski definition) is 1. The zero-order valence-electron chi connectivity index (χ0n) is 17.3. The Labute approximate surface area is 176 Å². The van der Waals surface area contributed by atoms with Gasteiger partial charge in [-0.1, -0.05) is 30.0 Å². The van der Waals surface area contributed by atoms with E-state index >= 15 is 0 Å². The van der Waals surface area contributed by atoms with Crippen LogP contribution in [0.1, 0.15) is 5.56 Å². The van der Waals surface area contributed by atoms with E-state index in [9.17, 15) is 4.79 Å². The van der Waals surface area contributed by atoms with E-state index in [2.05, 4.69) is 45.1 Å². The number of nitrogens with zero attached hydrogens (tertiary/aromatic N) is 4. The van der Waals surface area contributed by atoms with E-state index in [1.165, 1.54) is 0 Å². The van der Waals surface area contributed by atoms with Gasteiger partial charge in [0, 0.05) is 26.2 Å². The fourth-order valence-electron chi connectivity index (χ4n) is 3.58. The number of benzene rings is 2. The van der Waals surface area contributed by atoms with Crippen LogP contribution in [-0.2, 0) is 0 Å². The van der Waals surface area contributed by atoms with E-state index in [1.807, 2.05) is 36.4 Å². The lowest BCUT2D eigenvalue weighted by Crippen LogP contribution is -2.44. The molecule has 0 atom stereocenters. The number of hydrogen-bond acceptors (Lipinski definition) is 5. The molecule has 2 aromatic carbocycles. The summed E-state index contributed by atoms with van der Waals surface area (Å²) in [6, 6.07) is 13.3. The molecule has 154 valence electrons. The number of aromatic nitrogens is 2. The topological polar surface area (TPSA) is 62.6 Å². The molecule has 0 saturated carbocycles. The Morgan fingerprint density at radius 1 is 1.13 bits per heavy atom. The molecule has 7 heteroatoms. The lowest BCUT2D eigenvalue weighted by molar-refractivity contribution is 0.244. The molecule has 0 aliphatic carbocycles. The number of nitrogens with one attached hydrogen (secondary N) is 1. The fourth-order valence-corrected chi connectivity index (χ4v) is 3.58. The van der Waals surface area contributed by atoms with Crippen molar-refractivity contribution in [3.8, 4) is 17.6 Å². The summed E-state index contributed by atoms with van der Waals surface area (Å²) in [5.41, 5.74) is 3.50. The maximum Gasteiger partial charge on any atom is 0.328 e. The minimum Gasteiger partial charge on any atom is -0.495 e. The van der Waals surface area contributed by atoms with Crippen molar-refractivity contribution in [2.24, 2.45) is 0 Å². The number of methoxy groups -OCH3 is 1. The molecule has 1 fully saturated rings. The molecular weight excluding hydrogens is 378 g/mol. The number of carbonyl (C=O) groups is 1. The molecule has 0 unspecified atom stereocenters. The zero-order chi connectivity index (χ0) is 20.9. The Bertz CT molecular complexity index is 1100. The molecule has 0 spiro atoms. The van der Waals surface area contributed by atoms with Crippen LogP contribution in [-0.4, -0.2) is 67.4 Å². The Morgan fingerprint density at radius 3 is 2.73 bits per heavy atom. The number of likely N-dealkylation sites (N-methyl/N-ethyl adjacent to an activating group) is 1. The van der Waals surface area contributed by atoms with Crippen LogP contribution >= 0.6 is 0 Å². The zero-order valence-corrected chi connectivity index (χ0v) is 17.3. The van der Waals surface area contributed by atoms with Gasteiger partial charge >= 0.3 is 6.03 Å². The molecule has 0 bridgehead atoms. The van der Waals surface area contributed by atoms with Crippen LogP contribution in [0.5, 0.6) is 5.75 Å². The second kappa shape index (κ2) is 8.89. The standard InChI is InChI=1S/C23H25N5O2/c1-26-13-15-27(16-14-26)19-9-5-10-20-22(19)25-17-28(20)23(29)24-12-6-8-18-7-3-4-11-21(18)30-2/h3-5,7,9-11,17H,12-16H2,1-2H3,(H,24,29). The first-order valence-corrected chi connectivity index (χ1v) is 9.97. The fraction of sp³-hybridized carbons (Fsp3) is 0.304. The lowest BCUT2D eigenvalue weighted by Gasteiger charge is -2.34. The smallest absolute Gasteiger partial charge is 0.328 e. The highest BCUT2D eigenvalue weighted by Crippen LogP contribution is 2.26. The highest BCUT2D eigenvalue weighted by molar-refractivity contribution is 5.95. The van der Waals surface area contributed by atoms with Crippen molar-refractivity contribution in [2.45, 2.75) is 0 Å². The highest BCUT2D eigenvalue weighted by atomic mass is 16.5. The van der Waals surface area contributed by atoms with Crippen LogP contribution in [0.25, 0.3) is 11.0 Å². The molecule has 1 saturated heterocycles. The van der Waals surface area contributed by atoms with Gasteiger partial charge in [-0.15, -0.1) is 0 Å². The maximum atomic E-state index is 12.7. The summed E-state index contributed by atoms with van der Waals surface area (Å²) in [6.45, 7) is 4.17. The van der Waals surface area contributed by atoms with E-state index < -0.39 is 0 Å². The minimum absolute atomic E-state index is 0.231. The summed E-state index contributed by atoms with van der Waals surface area (Å²) in [4.78, 5) is 21.9. The molecule has 1 aliphatic rings. The summed E-state index contributed by atoms with van der Waals surface area (Å²) in [7, 11) is 3.75. The van der Waals surface area contributed by atoms with Crippen molar-refractivity contribution in [3.05, 3.63) is 54.4 Å². The number of fused-ring (bicyclic) bond motifs is 1. The number of rotatable bonds is 3. The first kappa shape index (κ1) is 19.8. The van der Waals surface area contributed by atoms with Crippen molar-refractivity contribution in [1.29, 1.82) is 0 Å². The molecule has 30 heavy (non-hydrogen) atoms. The van der Waals surface area contributed by atoms with Crippen LogP contribution in [0.4, 0.5) is 10.5 Å². The molecule has 1 aliphatic heterocycles. The number of piperazine rings is 1. The summed E-state index contributed by atoms with van der Waals surface area (Å²) in [5.74, 6) is 6.72. The number of amides is 1. The average molecular weight is 403 g/mol. The van der Waals surface area contributed by atoms with Gasteiger partial charge in [-0.2, -0.15) is 0 Å². The van der Waals surface area contributed by atoms with Crippen LogP contribution in [0.3, 0.4) is 0 Å². The lowest BCUT2D eigenvalue weighted by atomic mass is 10.2. The molecule has 1 amide bonds. The largest absolute Gasteiger partial charge is 0.495 e. The number of imidazole rings is 1. The van der Waals surface area contributed by atoms with Crippen LogP contribution in [0.2, 0.25) is 0 Å². The maximum absolute atomic E-state index is 12.7. The van der Waals surface area contributed by atoms with Gasteiger partial charge in [0.05, 0.1) is 30.4 Å². The number of anilines is 1. The normalized spacial score (nSPS) is 14.3. The first-order valence-electron chi connectivity index (χ1n) is 9.97. The van der Waals surface area contributed by atoms with E-state index in [0.29, 0.717) is 5.75 Å². The second-order valence-electron chi connectivity index (χ2n) is 7.21. The third kappa shape index (κ3) is 4.09. The van der Waals surface area contributed by atoms with Gasteiger partial charge in [-0.3, -0.25) is 4.57 Å². The van der Waals surface area contributed by atoms with Crippen molar-refractivity contribution >= 4 is 22.8 Å². The molecule has 0 radical (unpaired) electrons. The monoisotopic (exact) mass is 403 g/mol. The van der Waals surface area contributed by atoms with E-state index in [4.69, 9.17) is 4.74 Å². The number of carbonyl (C=O) groups excluding carboxylic acids is 1. The Hall–Kier alpha value is -3.50. The van der Waals surface area contributed by atoms with Gasteiger partial charge in [-0.25, -0.2) is 9.78 Å². The van der Waals surface area contributed by atoms with E-state index in [-0.39, 0.29) is 12.6 Å². The summed E-state index contributed by atoms with van der Waals surface area (Å²) in [5, 5.41) is 2.84. The van der Waals surface area contributed by atoms with Gasteiger partial charge in [0.25, 0.3) is 0 Å². The molecule has 2 heterocycles. The summed E-state index contributed by atoms with van der Waals surface area (Å²) >= 11 is 0. The quantitative estimate of drug-likeness (QED) is 0.681. The highest BCUT2D eigenvalue weighted by Gasteiger charge is 2.19. The Kier molecular flexibility index (Phi) is 5.87. The number of para-hydroxylation sites is 2. The van der Waals surface area contributed by atoms with E-state index in [1.54, 1.807) is 18.0 Å². The molecule has 1 N–H and O–H groups in total. The molecular formula is C23H25N5O2. The van der Waals surface area contributed by atoms with Crippen LogP contribution in [0, 0.1) is 11.8 Å².